The maximum Gasteiger partial charge on any atom is 0.319 e. The summed E-state index contributed by atoms with van der Waals surface area (Å²) in [5.74, 6) is -0.607. The minimum absolute atomic E-state index is 0.170. The lowest BCUT2D eigenvalue weighted by molar-refractivity contribution is 0.194. The third-order valence-corrected chi connectivity index (χ3v) is 5.41. The fourth-order valence-electron chi connectivity index (χ4n) is 3.81. The van der Waals surface area contributed by atoms with Crippen molar-refractivity contribution in [1.29, 1.82) is 0 Å². The molecule has 1 saturated carbocycles. The predicted molar refractivity (Wildman–Crippen MR) is 105 cm³/mol. The van der Waals surface area contributed by atoms with E-state index in [4.69, 9.17) is 0 Å². The molecule has 2 amide bonds. The number of halogens is 2. The molecule has 1 aliphatic carbocycles. The van der Waals surface area contributed by atoms with Crippen LogP contribution in [0, 0.1) is 11.6 Å². The molecular formula is C20H20F2N6O2. The molecule has 156 valence electrons. The van der Waals surface area contributed by atoms with Gasteiger partial charge in [0.25, 0.3) is 0 Å². The summed E-state index contributed by atoms with van der Waals surface area (Å²) in [5, 5.41) is 20.0. The largest absolute Gasteiger partial charge is 0.391 e. The normalized spacial score (nSPS) is 21.2. The minimum Gasteiger partial charge on any atom is -0.391 e. The molecule has 2 fully saturated rings. The first-order valence-corrected chi connectivity index (χ1v) is 9.79. The average molecular weight is 414 g/mol. The summed E-state index contributed by atoms with van der Waals surface area (Å²) in [6.07, 6.45) is 4.66. The standard InChI is InChI=1S/C20H20F2N6O2/c21-11-1-4-15(22)14(7-11)17-8-13(29)10-27(17)18-5-6-28-19(26-18)16(9-23-28)25-20(30)24-12-2-3-12/h1,4-7,9,12-13,17,29H,2-3,8,10H2,(H2,24,25,30)/t13-,17+/m0/s1. The minimum atomic E-state index is -0.706. The van der Waals surface area contributed by atoms with Gasteiger partial charge in [-0.25, -0.2) is 23.1 Å². The number of nitrogens with zero attached hydrogens (tertiary/aromatic N) is 4. The highest BCUT2D eigenvalue weighted by Gasteiger charge is 2.35. The van der Waals surface area contributed by atoms with E-state index in [-0.39, 0.29) is 30.6 Å². The summed E-state index contributed by atoms with van der Waals surface area (Å²) >= 11 is 0. The van der Waals surface area contributed by atoms with Gasteiger partial charge in [-0.05, 0) is 43.5 Å². The van der Waals surface area contributed by atoms with Crippen LogP contribution in [0.5, 0.6) is 0 Å². The van der Waals surface area contributed by atoms with Gasteiger partial charge in [-0.15, -0.1) is 0 Å². The van der Waals surface area contributed by atoms with E-state index in [0.29, 0.717) is 17.2 Å². The highest BCUT2D eigenvalue weighted by atomic mass is 19.1. The Kier molecular flexibility index (Phi) is 4.50. The van der Waals surface area contributed by atoms with Gasteiger partial charge in [0.2, 0.25) is 0 Å². The third kappa shape index (κ3) is 3.54. The van der Waals surface area contributed by atoms with Crippen molar-refractivity contribution in [1.82, 2.24) is 19.9 Å². The van der Waals surface area contributed by atoms with Crippen LogP contribution >= 0.6 is 0 Å². The SMILES string of the molecule is O=C(Nc1cnn2ccc(N3C[C@@H](O)C[C@@H]3c3cc(F)ccc3F)nc12)NC1CC1. The second-order valence-corrected chi connectivity index (χ2v) is 7.71. The van der Waals surface area contributed by atoms with E-state index in [0.717, 1.165) is 31.0 Å². The van der Waals surface area contributed by atoms with Crippen molar-refractivity contribution >= 4 is 23.2 Å². The number of benzene rings is 1. The lowest BCUT2D eigenvalue weighted by atomic mass is 10.0. The molecule has 0 spiro atoms. The Labute approximate surface area is 170 Å². The topological polar surface area (TPSA) is 94.8 Å². The lowest BCUT2D eigenvalue weighted by Crippen LogP contribution is -2.30. The van der Waals surface area contributed by atoms with E-state index in [2.05, 4.69) is 20.7 Å². The second-order valence-electron chi connectivity index (χ2n) is 7.71. The highest BCUT2D eigenvalue weighted by Crippen LogP contribution is 2.37. The van der Waals surface area contributed by atoms with Gasteiger partial charge in [0.1, 0.15) is 23.1 Å². The van der Waals surface area contributed by atoms with E-state index >= 15 is 0 Å². The van der Waals surface area contributed by atoms with Crippen molar-refractivity contribution in [2.45, 2.75) is 37.5 Å². The highest BCUT2D eigenvalue weighted by molar-refractivity contribution is 5.93. The molecule has 3 heterocycles. The van der Waals surface area contributed by atoms with Gasteiger partial charge in [-0.3, -0.25) is 0 Å². The molecule has 1 saturated heterocycles. The molecule has 3 N–H and O–H groups in total. The van der Waals surface area contributed by atoms with Crippen LogP contribution in [0.15, 0.2) is 36.7 Å². The Bertz CT molecular complexity index is 1120. The molecule has 5 rings (SSSR count). The van der Waals surface area contributed by atoms with E-state index in [9.17, 15) is 18.7 Å². The molecule has 0 radical (unpaired) electrons. The third-order valence-electron chi connectivity index (χ3n) is 5.41. The number of aliphatic hydroxyl groups excluding tert-OH is 1. The number of anilines is 2. The van der Waals surface area contributed by atoms with Crippen LogP contribution < -0.4 is 15.5 Å². The monoisotopic (exact) mass is 414 g/mol. The van der Waals surface area contributed by atoms with Gasteiger partial charge in [0.15, 0.2) is 5.65 Å². The summed E-state index contributed by atoms with van der Waals surface area (Å²) < 4.78 is 29.7. The summed E-state index contributed by atoms with van der Waals surface area (Å²) in [6.45, 7) is 0.225. The number of amides is 2. The zero-order chi connectivity index (χ0) is 20.8. The second kappa shape index (κ2) is 7.21. The molecule has 2 aromatic heterocycles. The molecule has 3 aromatic rings. The number of nitrogens with one attached hydrogen (secondary N) is 2. The van der Waals surface area contributed by atoms with Crippen LogP contribution in [0.2, 0.25) is 0 Å². The fourth-order valence-corrected chi connectivity index (χ4v) is 3.81. The number of hydrogen-bond donors (Lipinski definition) is 3. The van der Waals surface area contributed by atoms with Crippen LogP contribution in [0.25, 0.3) is 5.65 Å². The molecule has 1 aromatic carbocycles. The molecule has 0 bridgehead atoms. The van der Waals surface area contributed by atoms with Gasteiger partial charge >= 0.3 is 6.03 Å². The quantitative estimate of drug-likeness (QED) is 0.610. The van der Waals surface area contributed by atoms with Crippen LogP contribution in [0.3, 0.4) is 0 Å². The summed E-state index contributed by atoms with van der Waals surface area (Å²) in [5.41, 5.74) is 1.02. The van der Waals surface area contributed by atoms with Gasteiger partial charge in [-0.2, -0.15) is 5.10 Å². The van der Waals surface area contributed by atoms with E-state index < -0.39 is 23.8 Å². The zero-order valence-corrected chi connectivity index (χ0v) is 15.9. The number of β-amino-alcohol motifs (C(OH)–C–C–N with tert-alkyl or cyclic N) is 1. The van der Waals surface area contributed by atoms with Crippen molar-refractivity contribution in [2.24, 2.45) is 0 Å². The lowest BCUT2D eigenvalue weighted by Gasteiger charge is -2.26. The average Bonchev–Trinajstić information content (AvgIpc) is 3.31. The Morgan fingerprint density at radius 3 is 2.87 bits per heavy atom. The Balaban J connectivity index is 1.47. The van der Waals surface area contributed by atoms with Crippen LogP contribution in [-0.2, 0) is 0 Å². The number of rotatable bonds is 4. The number of carbonyl (C=O) groups is 1. The molecule has 1 aliphatic heterocycles. The fraction of sp³-hybridized carbons (Fsp3) is 0.350. The van der Waals surface area contributed by atoms with Crippen LogP contribution in [0.1, 0.15) is 30.9 Å². The predicted octanol–water partition coefficient (Wildman–Crippen LogP) is 2.60. The number of hydrogen-bond acceptors (Lipinski definition) is 5. The molecule has 30 heavy (non-hydrogen) atoms. The first-order chi connectivity index (χ1) is 14.5. The van der Waals surface area contributed by atoms with E-state index in [1.54, 1.807) is 17.2 Å². The Hall–Kier alpha value is -3.27. The van der Waals surface area contributed by atoms with Crippen molar-refractivity contribution in [3.05, 3.63) is 53.9 Å². The van der Waals surface area contributed by atoms with E-state index in [1.807, 2.05) is 0 Å². The van der Waals surface area contributed by atoms with Crippen molar-refractivity contribution in [2.75, 3.05) is 16.8 Å². The van der Waals surface area contributed by atoms with Crippen molar-refractivity contribution in [3.63, 3.8) is 0 Å². The van der Waals surface area contributed by atoms with Gasteiger partial charge in [-0.1, -0.05) is 0 Å². The zero-order valence-electron chi connectivity index (χ0n) is 15.9. The molecule has 0 unspecified atom stereocenters. The van der Waals surface area contributed by atoms with Gasteiger partial charge in [0, 0.05) is 24.3 Å². The molecule has 10 heteroatoms. The van der Waals surface area contributed by atoms with Crippen molar-refractivity contribution in [3.8, 4) is 0 Å². The van der Waals surface area contributed by atoms with Crippen LogP contribution in [-0.4, -0.2) is 44.4 Å². The molecule has 2 aliphatic rings. The number of carbonyl (C=O) groups excluding carboxylic acids is 1. The maximum atomic E-state index is 14.4. The van der Waals surface area contributed by atoms with Crippen LogP contribution in [0.4, 0.5) is 25.1 Å². The Morgan fingerprint density at radius 2 is 2.07 bits per heavy atom. The summed E-state index contributed by atoms with van der Waals surface area (Å²) in [6, 6.07) is 4.31. The maximum absolute atomic E-state index is 14.4. The Morgan fingerprint density at radius 1 is 1.23 bits per heavy atom. The molecule has 2 atom stereocenters. The smallest absolute Gasteiger partial charge is 0.319 e. The molecule has 8 nitrogen and oxygen atoms in total. The summed E-state index contributed by atoms with van der Waals surface area (Å²) in [4.78, 5) is 18.4. The summed E-state index contributed by atoms with van der Waals surface area (Å²) in [7, 11) is 0. The van der Waals surface area contributed by atoms with Crippen molar-refractivity contribution < 1.29 is 18.7 Å². The molecular weight excluding hydrogens is 394 g/mol. The first-order valence-electron chi connectivity index (χ1n) is 9.79. The number of fused-ring (bicyclic) bond motifs is 1. The van der Waals surface area contributed by atoms with Gasteiger partial charge < -0.3 is 20.6 Å². The number of aliphatic hydroxyl groups is 1. The van der Waals surface area contributed by atoms with Gasteiger partial charge in [0.05, 0.1) is 18.3 Å². The first kappa shape index (κ1) is 18.7. The number of urea groups is 1. The number of aromatic nitrogens is 3. The van der Waals surface area contributed by atoms with E-state index in [1.165, 1.54) is 10.7 Å².